The first-order valence-corrected chi connectivity index (χ1v) is 3.88. The molecule has 3 N–H and O–H groups in total. The fourth-order valence-electron chi connectivity index (χ4n) is 0.674. The Kier molecular flexibility index (Phi) is 2.65. The topological polar surface area (TPSA) is 49.9 Å². The van der Waals surface area contributed by atoms with E-state index in [2.05, 4.69) is 0 Å². The molecule has 0 fully saturated rings. The predicted octanol–water partition coefficient (Wildman–Crippen LogP) is 1.95. The average Bonchev–Trinajstić information content (AvgIpc) is 1.96. The van der Waals surface area contributed by atoms with Gasteiger partial charge in [-0.05, 0) is 30.0 Å². The molecule has 0 radical (unpaired) electrons. The number of hydrogen-bond acceptors (Lipinski definition) is 2. The molecular formula is C7H6F2N2S. The van der Waals surface area contributed by atoms with Crippen LogP contribution in [0.25, 0.3) is 0 Å². The largest absolute Gasteiger partial charge is 0.378 e. The number of nitrogens with two attached hydrogens (primary N) is 1. The molecule has 64 valence electrons. The van der Waals surface area contributed by atoms with Crippen molar-refractivity contribution < 1.29 is 8.78 Å². The van der Waals surface area contributed by atoms with E-state index in [1.807, 2.05) is 0 Å². The molecule has 0 aliphatic carbocycles. The first kappa shape index (κ1) is 8.99. The van der Waals surface area contributed by atoms with Crippen LogP contribution in [0.2, 0.25) is 0 Å². The van der Waals surface area contributed by atoms with Gasteiger partial charge in [0.1, 0.15) is 11.6 Å². The standard InChI is InChI=1S/C7H6F2N2S/c8-4-1-2-5(9)6(3-4)12-7(10)11/h1-3H,(H3,10,11). The molecule has 2 nitrogen and oxygen atoms in total. The molecule has 5 heteroatoms. The summed E-state index contributed by atoms with van der Waals surface area (Å²) in [5.74, 6) is -1.11. The van der Waals surface area contributed by atoms with Crippen LogP contribution in [0, 0.1) is 17.0 Å². The fraction of sp³-hybridized carbons (Fsp3) is 0. The minimum atomic E-state index is -0.573. The molecule has 1 rings (SSSR count). The molecule has 0 saturated heterocycles. The van der Waals surface area contributed by atoms with Gasteiger partial charge >= 0.3 is 0 Å². The van der Waals surface area contributed by atoms with E-state index in [1.54, 1.807) is 0 Å². The highest BCUT2D eigenvalue weighted by Gasteiger charge is 2.05. The number of nitrogens with one attached hydrogen (secondary N) is 1. The Morgan fingerprint density at radius 2 is 2.08 bits per heavy atom. The van der Waals surface area contributed by atoms with E-state index in [0.717, 1.165) is 18.2 Å². The summed E-state index contributed by atoms with van der Waals surface area (Å²) in [6.45, 7) is 0. The van der Waals surface area contributed by atoms with Crippen molar-refractivity contribution in [2.24, 2.45) is 5.73 Å². The number of rotatable bonds is 1. The Bertz CT molecular complexity index is 314. The van der Waals surface area contributed by atoms with Gasteiger partial charge in [-0.15, -0.1) is 0 Å². The fourth-order valence-corrected chi connectivity index (χ4v) is 1.25. The lowest BCUT2D eigenvalue weighted by molar-refractivity contribution is 0.577. The van der Waals surface area contributed by atoms with Gasteiger partial charge in [-0.1, -0.05) is 0 Å². The lowest BCUT2D eigenvalue weighted by Crippen LogP contribution is -2.03. The third-order valence-electron chi connectivity index (χ3n) is 1.11. The zero-order chi connectivity index (χ0) is 9.14. The minimum absolute atomic E-state index is 0.0301. The highest BCUT2D eigenvalue weighted by Crippen LogP contribution is 2.21. The minimum Gasteiger partial charge on any atom is -0.378 e. The second-order valence-electron chi connectivity index (χ2n) is 2.04. The summed E-state index contributed by atoms with van der Waals surface area (Å²) >= 11 is 0.685. The molecule has 0 spiro atoms. The van der Waals surface area contributed by atoms with Gasteiger partial charge in [0, 0.05) is 0 Å². The lowest BCUT2D eigenvalue weighted by Gasteiger charge is -1.99. The highest BCUT2D eigenvalue weighted by atomic mass is 32.2. The molecule has 0 aliphatic heterocycles. The van der Waals surface area contributed by atoms with Crippen LogP contribution in [0.3, 0.4) is 0 Å². The van der Waals surface area contributed by atoms with Crippen molar-refractivity contribution in [3.05, 3.63) is 29.8 Å². The molecule has 0 heterocycles. The maximum absolute atomic E-state index is 12.8. The maximum Gasteiger partial charge on any atom is 0.156 e. The second-order valence-corrected chi connectivity index (χ2v) is 3.12. The third-order valence-corrected chi connectivity index (χ3v) is 1.87. The van der Waals surface area contributed by atoms with Crippen LogP contribution in [-0.4, -0.2) is 5.17 Å². The van der Waals surface area contributed by atoms with Crippen molar-refractivity contribution in [3.8, 4) is 0 Å². The van der Waals surface area contributed by atoms with E-state index in [-0.39, 0.29) is 10.1 Å². The summed E-state index contributed by atoms with van der Waals surface area (Å²) in [4.78, 5) is 0.0301. The third kappa shape index (κ3) is 2.20. The van der Waals surface area contributed by atoms with Crippen LogP contribution in [0.1, 0.15) is 0 Å². The molecule has 0 amide bonds. The molecule has 0 aliphatic rings. The molecule has 0 saturated carbocycles. The zero-order valence-electron chi connectivity index (χ0n) is 5.97. The normalized spacial score (nSPS) is 9.83. The summed E-state index contributed by atoms with van der Waals surface area (Å²) in [6, 6.07) is 3.02. The summed E-state index contributed by atoms with van der Waals surface area (Å²) in [5, 5.41) is 6.59. The van der Waals surface area contributed by atoms with Crippen LogP contribution in [0.15, 0.2) is 23.1 Å². The van der Waals surface area contributed by atoms with Gasteiger partial charge in [0.25, 0.3) is 0 Å². The molecule has 0 atom stereocenters. The van der Waals surface area contributed by atoms with Gasteiger partial charge in [-0.2, -0.15) is 0 Å². The molecule has 0 aromatic heterocycles. The molecule has 12 heavy (non-hydrogen) atoms. The van der Waals surface area contributed by atoms with Crippen molar-refractivity contribution in [1.82, 2.24) is 0 Å². The molecule has 0 unspecified atom stereocenters. The summed E-state index contributed by atoms with van der Waals surface area (Å²) in [5.41, 5.74) is 5.00. The Labute approximate surface area is 72.3 Å². The summed E-state index contributed by atoms with van der Waals surface area (Å²) < 4.78 is 25.3. The van der Waals surface area contributed by atoms with Crippen molar-refractivity contribution >= 4 is 16.9 Å². The first-order chi connectivity index (χ1) is 5.59. The van der Waals surface area contributed by atoms with E-state index < -0.39 is 11.6 Å². The van der Waals surface area contributed by atoms with Crippen molar-refractivity contribution in [2.45, 2.75) is 4.90 Å². The van der Waals surface area contributed by atoms with Gasteiger partial charge in [0.15, 0.2) is 5.17 Å². The van der Waals surface area contributed by atoms with Crippen LogP contribution < -0.4 is 5.73 Å². The summed E-state index contributed by atoms with van der Waals surface area (Å²) in [6.07, 6.45) is 0. The van der Waals surface area contributed by atoms with Crippen molar-refractivity contribution in [2.75, 3.05) is 0 Å². The van der Waals surface area contributed by atoms with E-state index in [1.165, 1.54) is 0 Å². The number of halogens is 2. The highest BCUT2D eigenvalue weighted by molar-refractivity contribution is 8.13. The van der Waals surface area contributed by atoms with E-state index in [0.29, 0.717) is 11.8 Å². The summed E-state index contributed by atoms with van der Waals surface area (Å²) in [7, 11) is 0. The van der Waals surface area contributed by atoms with Crippen molar-refractivity contribution in [1.29, 1.82) is 5.41 Å². The number of amidine groups is 1. The van der Waals surface area contributed by atoms with Crippen LogP contribution in [-0.2, 0) is 0 Å². The Morgan fingerprint density at radius 3 is 2.67 bits per heavy atom. The monoisotopic (exact) mass is 188 g/mol. The quantitative estimate of drug-likeness (QED) is 0.402. The molecule has 1 aromatic carbocycles. The molecule has 1 aromatic rings. The van der Waals surface area contributed by atoms with Gasteiger partial charge in [-0.25, -0.2) is 8.78 Å². The number of hydrogen-bond donors (Lipinski definition) is 2. The molecular weight excluding hydrogens is 182 g/mol. The van der Waals surface area contributed by atoms with E-state index in [9.17, 15) is 8.78 Å². The smallest absolute Gasteiger partial charge is 0.156 e. The van der Waals surface area contributed by atoms with E-state index in [4.69, 9.17) is 11.1 Å². The first-order valence-electron chi connectivity index (χ1n) is 3.06. The maximum atomic E-state index is 12.8. The Balaban J connectivity index is 2.97. The van der Waals surface area contributed by atoms with Crippen LogP contribution in [0.4, 0.5) is 8.78 Å². The second kappa shape index (κ2) is 3.53. The lowest BCUT2D eigenvalue weighted by atomic mass is 10.3. The van der Waals surface area contributed by atoms with Crippen LogP contribution in [0.5, 0.6) is 0 Å². The Morgan fingerprint density at radius 1 is 1.42 bits per heavy atom. The van der Waals surface area contributed by atoms with Gasteiger partial charge < -0.3 is 5.73 Å². The molecule has 0 bridgehead atoms. The average molecular weight is 188 g/mol. The van der Waals surface area contributed by atoms with Gasteiger partial charge in [0.2, 0.25) is 0 Å². The zero-order valence-corrected chi connectivity index (χ0v) is 6.79. The van der Waals surface area contributed by atoms with Gasteiger partial charge in [-0.3, -0.25) is 5.41 Å². The predicted molar refractivity (Wildman–Crippen MR) is 44.1 cm³/mol. The van der Waals surface area contributed by atoms with Crippen LogP contribution >= 0.6 is 11.8 Å². The SMILES string of the molecule is N=C(N)Sc1cc(F)ccc1F. The number of thioether (sulfide) groups is 1. The van der Waals surface area contributed by atoms with Gasteiger partial charge in [0.05, 0.1) is 4.90 Å². The van der Waals surface area contributed by atoms with E-state index >= 15 is 0 Å². The van der Waals surface area contributed by atoms with Crippen molar-refractivity contribution in [3.63, 3.8) is 0 Å². The Hall–Kier alpha value is -1.10. The number of benzene rings is 1.